The van der Waals surface area contributed by atoms with Crippen molar-refractivity contribution in [1.82, 2.24) is 5.32 Å². The lowest BCUT2D eigenvalue weighted by molar-refractivity contribution is -0.0757. The molecular formula is C22H27NO5. The third-order valence-electron chi connectivity index (χ3n) is 3.96. The lowest BCUT2D eigenvalue weighted by atomic mass is 10.1. The van der Waals surface area contributed by atoms with Crippen LogP contribution in [0.5, 0.6) is 0 Å². The molecule has 0 bridgehead atoms. The summed E-state index contributed by atoms with van der Waals surface area (Å²) < 4.78 is 16.1. The summed E-state index contributed by atoms with van der Waals surface area (Å²) in [6.45, 7) is 4.32. The van der Waals surface area contributed by atoms with E-state index >= 15 is 0 Å². The zero-order chi connectivity index (χ0) is 20.0. The predicted molar refractivity (Wildman–Crippen MR) is 106 cm³/mol. The van der Waals surface area contributed by atoms with E-state index in [-0.39, 0.29) is 20.0 Å². The molecule has 0 aliphatic carbocycles. The number of ether oxygens (including phenoxy) is 3. The Hall–Kier alpha value is -2.67. The molecule has 0 aromatic heterocycles. The number of hydrogen-bond acceptors (Lipinski definition) is 5. The van der Waals surface area contributed by atoms with Gasteiger partial charge in [0, 0.05) is 0 Å². The molecule has 2 atom stereocenters. The summed E-state index contributed by atoms with van der Waals surface area (Å²) in [6, 6.07) is 18.5. The Kier molecular flexibility index (Phi) is 9.79. The van der Waals surface area contributed by atoms with E-state index < -0.39 is 18.2 Å². The molecule has 6 nitrogen and oxygen atoms in total. The number of amides is 1. The predicted octanol–water partition coefficient (Wildman–Crippen LogP) is 3.41. The Labute approximate surface area is 165 Å². The van der Waals surface area contributed by atoms with Gasteiger partial charge in [-0.3, -0.25) is 0 Å². The van der Waals surface area contributed by atoms with Gasteiger partial charge in [0.1, 0.15) is 13.4 Å². The van der Waals surface area contributed by atoms with E-state index in [9.17, 15) is 9.90 Å². The topological polar surface area (TPSA) is 77.0 Å². The highest BCUT2D eigenvalue weighted by Gasteiger charge is 2.21. The molecular weight excluding hydrogens is 358 g/mol. The van der Waals surface area contributed by atoms with Crippen LogP contribution in [0.3, 0.4) is 0 Å². The fourth-order valence-corrected chi connectivity index (χ4v) is 2.47. The first-order valence-corrected chi connectivity index (χ1v) is 9.14. The van der Waals surface area contributed by atoms with Crippen LogP contribution in [-0.2, 0) is 27.4 Å². The first kappa shape index (κ1) is 21.6. The zero-order valence-electron chi connectivity index (χ0n) is 15.8. The minimum Gasteiger partial charge on any atom is -0.445 e. The van der Waals surface area contributed by atoms with Crippen LogP contribution in [0.4, 0.5) is 4.79 Å². The molecule has 0 aliphatic heterocycles. The van der Waals surface area contributed by atoms with Crippen LogP contribution in [0.1, 0.15) is 17.5 Å². The first-order chi connectivity index (χ1) is 13.7. The van der Waals surface area contributed by atoms with E-state index in [0.29, 0.717) is 13.0 Å². The molecule has 0 saturated heterocycles. The number of alkyl carbamates (subject to hydrolysis) is 1. The quantitative estimate of drug-likeness (QED) is 0.333. The molecule has 2 rings (SSSR count). The normalized spacial score (nSPS) is 12.8. The second-order valence-electron chi connectivity index (χ2n) is 6.23. The van der Waals surface area contributed by atoms with E-state index in [1.165, 1.54) is 0 Å². The Morgan fingerprint density at radius 2 is 1.61 bits per heavy atom. The van der Waals surface area contributed by atoms with E-state index in [1.807, 2.05) is 60.7 Å². The monoisotopic (exact) mass is 385 g/mol. The highest BCUT2D eigenvalue weighted by Crippen LogP contribution is 2.05. The van der Waals surface area contributed by atoms with Crippen LogP contribution in [0, 0.1) is 0 Å². The summed E-state index contributed by atoms with van der Waals surface area (Å²) in [7, 11) is 0. The number of aliphatic hydroxyl groups is 1. The molecule has 150 valence electrons. The van der Waals surface area contributed by atoms with Crippen molar-refractivity contribution in [3.05, 3.63) is 84.4 Å². The summed E-state index contributed by atoms with van der Waals surface area (Å²) in [5.74, 6) is 0. The van der Waals surface area contributed by atoms with Gasteiger partial charge >= 0.3 is 6.09 Å². The summed E-state index contributed by atoms with van der Waals surface area (Å²) in [5.41, 5.74) is 1.92. The van der Waals surface area contributed by atoms with Gasteiger partial charge in [0.2, 0.25) is 0 Å². The summed E-state index contributed by atoms with van der Waals surface area (Å²) >= 11 is 0. The largest absolute Gasteiger partial charge is 0.445 e. The minimum absolute atomic E-state index is 0.0486. The summed E-state index contributed by atoms with van der Waals surface area (Å²) in [6.07, 6.45) is 0.444. The molecule has 6 heteroatoms. The van der Waals surface area contributed by atoms with E-state index in [1.54, 1.807) is 6.08 Å². The Morgan fingerprint density at radius 3 is 2.21 bits per heavy atom. The third kappa shape index (κ3) is 8.35. The molecule has 0 unspecified atom stereocenters. The van der Waals surface area contributed by atoms with Crippen LogP contribution >= 0.6 is 0 Å². The maximum Gasteiger partial charge on any atom is 0.407 e. The smallest absolute Gasteiger partial charge is 0.407 e. The molecule has 2 aromatic carbocycles. The van der Waals surface area contributed by atoms with Crippen molar-refractivity contribution in [2.75, 3.05) is 13.4 Å². The molecule has 0 radical (unpaired) electrons. The zero-order valence-corrected chi connectivity index (χ0v) is 15.8. The fraction of sp³-hybridized carbons (Fsp3) is 0.318. The SMILES string of the molecule is C=CC[C@@H](O)[C@H](COCOCc1ccccc1)NC(=O)OCc1ccccc1. The standard InChI is InChI=1S/C22H27NO5/c1-2-9-21(24)20(16-27-17-26-14-18-10-5-3-6-11-18)23-22(25)28-15-19-12-7-4-8-13-19/h2-8,10-13,20-21,24H,1,9,14-17H2,(H,23,25)/t20-,21+/m0/s1. The van der Waals surface area contributed by atoms with Crippen molar-refractivity contribution in [2.24, 2.45) is 0 Å². The molecule has 0 spiro atoms. The van der Waals surface area contributed by atoms with E-state index in [0.717, 1.165) is 11.1 Å². The van der Waals surface area contributed by atoms with Gasteiger partial charge in [-0.2, -0.15) is 0 Å². The number of carbonyl (C=O) groups excluding carboxylic acids is 1. The van der Waals surface area contributed by atoms with E-state index in [2.05, 4.69) is 11.9 Å². The van der Waals surface area contributed by atoms with Crippen molar-refractivity contribution >= 4 is 6.09 Å². The van der Waals surface area contributed by atoms with Gasteiger partial charge in [-0.1, -0.05) is 66.7 Å². The van der Waals surface area contributed by atoms with Crippen LogP contribution in [0.2, 0.25) is 0 Å². The minimum atomic E-state index is -0.837. The summed E-state index contributed by atoms with van der Waals surface area (Å²) in [4.78, 5) is 12.1. The van der Waals surface area contributed by atoms with E-state index in [4.69, 9.17) is 14.2 Å². The van der Waals surface area contributed by atoms with Crippen LogP contribution in [-0.4, -0.2) is 36.7 Å². The highest BCUT2D eigenvalue weighted by atomic mass is 16.7. The molecule has 28 heavy (non-hydrogen) atoms. The molecule has 0 heterocycles. The molecule has 2 N–H and O–H groups in total. The van der Waals surface area contributed by atoms with Crippen LogP contribution in [0.25, 0.3) is 0 Å². The molecule has 2 aromatic rings. The molecule has 0 fully saturated rings. The molecule has 0 saturated carbocycles. The highest BCUT2D eigenvalue weighted by molar-refractivity contribution is 5.67. The molecule has 0 aliphatic rings. The second kappa shape index (κ2) is 12.7. The van der Waals surface area contributed by atoms with Crippen molar-refractivity contribution in [3.8, 4) is 0 Å². The van der Waals surface area contributed by atoms with Crippen LogP contribution < -0.4 is 5.32 Å². The Balaban J connectivity index is 1.73. The number of rotatable bonds is 12. The van der Waals surface area contributed by atoms with Gasteiger partial charge in [0.25, 0.3) is 0 Å². The fourth-order valence-electron chi connectivity index (χ4n) is 2.47. The van der Waals surface area contributed by atoms with Gasteiger partial charge < -0.3 is 24.6 Å². The average molecular weight is 385 g/mol. The van der Waals surface area contributed by atoms with Gasteiger partial charge in [-0.05, 0) is 17.5 Å². The summed E-state index contributed by atoms with van der Waals surface area (Å²) in [5, 5.41) is 12.9. The maximum atomic E-state index is 12.1. The number of aliphatic hydroxyl groups excluding tert-OH is 1. The lowest BCUT2D eigenvalue weighted by Crippen LogP contribution is -2.46. The number of carbonyl (C=O) groups is 1. The molecule has 1 amide bonds. The van der Waals surface area contributed by atoms with Crippen LogP contribution in [0.15, 0.2) is 73.3 Å². The van der Waals surface area contributed by atoms with Gasteiger partial charge in [-0.25, -0.2) is 4.79 Å². The number of nitrogens with one attached hydrogen (secondary N) is 1. The van der Waals surface area contributed by atoms with Gasteiger partial charge in [-0.15, -0.1) is 6.58 Å². The van der Waals surface area contributed by atoms with Crippen molar-refractivity contribution in [2.45, 2.75) is 31.8 Å². The van der Waals surface area contributed by atoms with Crippen molar-refractivity contribution in [1.29, 1.82) is 0 Å². The van der Waals surface area contributed by atoms with Gasteiger partial charge in [0.05, 0.1) is 25.4 Å². The number of hydrogen-bond donors (Lipinski definition) is 2. The number of benzene rings is 2. The van der Waals surface area contributed by atoms with Crippen molar-refractivity contribution < 1.29 is 24.1 Å². The van der Waals surface area contributed by atoms with Gasteiger partial charge in [0.15, 0.2) is 0 Å². The maximum absolute atomic E-state index is 12.1. The lowest BCUT2D eigenvalue weighted by Gasteiger charge is -2.23. The Bertz CT molecular complexity index is 693. The third-order valence-corrected chi connectivity index (χ3v) is 3.96. The second-order valence-corrected chi connectivity index (χ2v) is 6.23. The Morgan fingerprint density at radius 1 is 1.00 bits per heavy atom. The first-order valence-electron chi connectivity index (χ1n) is 9.14. The average Bonchev–Trinajstić information content (AvgIpc) is 2.73. The van der Waals surface area contributed by atoms with Crippen molar-refractivity contribution in [3.63, 3.8) is 0 Å².